The Balaban J connectivity index is 1.88. The van der Waals surface area contributed by atoms with Gasteiger partial charge in [-0.25, -0.2) is 0 Å². The summed E-state index contributed by atoms with van der Waals surface area (Å²) < 4.78 is 6.96. The first kappa shape index (κ1) is 14.8. The topological polar surface area (TPSA) is 38.5 Å². The number of ether oxygens (including phenoxy) is 1. The molecule has 0 aromatic heterocycles. The smallest absolute Gasteiger partial charge is 0.124 e. The molecule has 1 fully saturated rings. The van der Waals surface area contributed by atoms with Gasteiger partial charge in [-0.15, -0.1) is 0 Å². The van der Waals surface area contributed by atoms with E-state index in [2.05, 4.69) is 20.8 Å². The van der Waals surface area contributed by atoms with Crippen LogP contribution in [0.15, 0.2) is 22.7 Å². The molecule has 1 aromatic rings. The van der Waals surface area contributed by atoms with Gasteiger partial charge in [0.1, 0.15) is 12.4 Å². The number of rotatable bonds is 5. The van der Waals surface area contributed by atoms with E-state index in [-0.39, 0.29) is 6.04 Å². The molecule has 0 unspecified atom stereocenters. The van der Waals surface area contributed by atoms with Gasteiger partial charge in [0.2, 0.25) is 0 Å². The Hall–Kier alpha value is -0.580. The molecule has 0 saturated carbocycles. The third-order valence-electron chi connectivity index (χ3n) is 3.58. The van der Waals surface area contributed by atoms with Gasteiger partial charge in [0.15, 0.2) is 0 Å². The highest BCUT2D eigenvalue weighted by Crippen LogP contribution is 2.27. The van der Waals surface area contributed by atoms with E-state index in [0.29, 0.717) is 0 Å². The molecule has 1 aliphatic heterocycles. The van der Waals surface area contributed by atoms with Crippen LogP contribution in [0.25, 0.3) is 0 Å². The largest absolute Gasteiger partial charge is 0.492 e. The Kier molecular flexibility index (Phi) is 5.67. The highest BCUT2D eigenvalue weighted by molar-refractivity contribution is 9.10. The molecule has 0 bridgehead atoms. The molecule has 0 amide bonds. The second-order valence-corrected chi connectivity index (χ2v) is 6.14. The lowest BCUT2D eigenvalue weighted by Crippen LogP contribution is -2.33. The maximum Gasteiger partial charge on any atom is 0.124 e. The predicted molar refractivity (Wildman–Crippen MR) is 82.5 cm³/mol. The number of piperidine rings is 1. The zero-order chi connectivity index (χ0) is 13.7. The maximum absolute atomic E-state index is 5.99. The first-order valence-corrected chi connectivity index (χ1v) is 7.86. The van der Waals surface area contributed by atoms with E-state index in [4.69, 9.17) is 10.5 Å². The van der Waals surface area contributed by atoms with Gasteiger partial charge in [-0.1, -0.05) is 22.4 Å². The number of nitrogens with two attached hydrogens (primary N) is 1. The van der Waals surface area contributed by atoms with E-state index in [1.54, 1.807) is 0 Å². The average molecular weight is 327 g/mol. The van der Waals surface area contributed by atoms with Crippen molar-refractivity contribution in [3.05, 3.63) is 28.2 Å². The van der Waals surface area contributed by atoms with Crippen LogP contribution in [0.4, 0.5) is 0 Å². The number of likely N-dealkylation sites (tertiary alicyclic amines) is 1. The summed E-state index contributed by atoms with van der Waals surface area (Å²) in [6.45, 7) is 6.16. The molecule has 4 heteroatoms. The molecule has 2 N–H and O–H groups in total. The van der Waals surface area contributed by atoms with Crippen LogP contribution in [-0.4, -0.2) is 31.1 Å². The minimum Gasteiger partial charge on any atom is -0.492 e. The average Bonchev–Trinajstić information content (AvgIpc) is 2.41. The summed E-state index contributed by atoms with van der Waals surface area (Å²) in [5.74, 6) is 0.912. The minimum atomic E-state index is -0.0116. The van der Waals surface area contributed by atoms with Crippen LogP contribution in [0.2, 0.25) is 0 Å². The Morgan fingerprint density at radius 3 is 2.74 bits per heavy atom. The van der Waals surface area contributed by atoms with Gasteiger partial charge in [0.05, 0.1) is 0 Å². The molecule has 1 atom stereocenters. The van der Waals surface area contributed by atoms with Crippen LogP contribution < -0.4 is 10.5 Å². The zero-order valence-corrected chi connectivity index (χ0v) is 13.2. The van der Waals surface area contributed by atoms with Crippen molar-refractivity contribution in [1.82, 2.24) is 4.90 Å². The van der Waals surface area contributed by atoms with E-state index in [1.165, 1.54) is 32.4 Å². The number of hydrogen-bond donors (Lipinski definition) is 1. The second kappa shape index (κ2) is 7.27. The van der Waals surface area contributed by atoms with E-state index in [1.807, 2.05) is 25.1 Å². The maximum atomic E-state index is 5.99. The molecule has 2 rings (SSSR count). The zero-order valence-electron chi connectivity index (χ0n) is 11.6. The highest BCUT2D eigenvalue weighted by Gasteiger charge is 2.12. The fourth-order valence-electron chi connectivity index (χ4n) is 2.47. The molecule has 1 aliphatic rings. The highest BCUT2D eigenvalue weighted by atomic mass is 79.9. The Morgan fingerprint density at radius 1 is 1.32 bits per heavy atom. The van der Waals surface area contributed by atoms with Gasteiger partial charge >= 0.3 is 0 Å². The third-order valence-corrected chi connectivity index (χ3v) is 4.07. The van der Waals surface area contributed by atoms with Gasteiger partial charge < -0.3 is 10.5 Å². The summed E-state index contributed by atoms with van der Waals surface area (Å²) in [5.41, 5.74) is 7.05. The van der Waals surface area contributed by atoms with Crippen LogP contribution in [0.1, 0.15) is 37.8 Å². The first-order chi connectivity index (χ1) is 9.16. The molecule has 0 radical (unpaired) electrons. The predicted octanol–water partition coefficient (Wildman–Crippen LogP) is 3.33. The fourth-order valence-corrected chi connectivity index (χ4v) is 2.85. The number of nitrogens with zero attached hydrogens (tertiary/aromatic N) is 1. The van der Waals surface area contributed by atoms with Crippen molar-refractivity contribution in [2.45, 2.75) is 32.2 Å². The fraction of sp³-hybridized carbons (Fsp3) is 0.600. The first-order valence-electron chi connectivity index (χ1n) is 7.07. The molecule has 1 saturated heterocycles. The van der Waals surface area contributed by atoms with E-state index in [9.17, 15) is 0 Å². The van der Waals surface area contributed by atoms with Gasteiger partial charge in [-0.3, -0.25) is 4.90 Å². The van der Waals surface area contributed by atoms with Crippen LogP contribution in [0.5, 0.6) is 5.75 Å². The molecule has 1 heterocycles. The summed E-state index contributed by atoms with van der Waals surface area (Å²) in [4.78, 5) is 2.48. The van der Waals surface area contributed by atoms with Crippen molar-refractivity contribution in [3.8, 4) is 5.75 Å². The van der Waals surface area contributed by atoms with Crippen LogP contribution >= 0.6 is 15.9 Å². The van der Waals surface area contributed by atoms with Gasteiger partial charge in [-0.05, 0) is 51.1 Å². The van der Waals surface area contributed by atoms with E-state index < -0.39 is 0 Å². The van der Waals surface area contributed by atoms with Gasteiger partial charge in [-0.2, -0.15) is 0 Å². The van der Waals surface area contributed by atoms with Crippen molar-refractivity contribution in [2.24, 2.45) is 5.73 Å². The number of halogens is 1. The third kappa shape index (κ3) is 4.48. The molecule has 19 heavy (non-hydrogen) atoms. The van der Waals surface area contributed by atoms with Crippen molar-refractivity contribution in [2.75, 3.05) is 26.2 Å². The summed E-state index contributed by atoms with van der Waals surface area (Å²) in [6.07, 6.45) is 4.02. The summed E-state index contributed by atoms with van der Waals surface area (Å²) in [6, 6.07) is 6.03. The standard InChI is InChI=1S/C15H23BrN2O/c1-12(17)14-11-13(16)5-6-15(14)19-10-9-18-7-3-2-4-8-18/h5-6,11-12H,2-4,7-10,17H2,1H3/t12-/m0/s1. The summed E-state index contributed by atoms with van der Waals surface area (Å²) in [5, 5.41) is 0. The van der Waals surface area contributed by atoms with Gasteiger partial charge in [0.25, 0.3) is 0 Å². The van der Waals surface area contributed by atoms with Crippen LogP contribution in [-0.2, 0) is 0 Å². The van der Waals surface area contributed by atoms with Crippen LogP contribution in [0, 0.1) is 0 Å². The molecule has 106 valence electrons. The lowest BCUT2D eigenvalue weighted by Gasteiger charge is -2.26. The van der Waals surface area contributed by atoms with Crippen molar-refractivity contribution >= 4 is 15.9 Å². The monoisotopic (exact) mass is 326 g/mol. The van der Waals surface area contributed by atoms with E-state index >= 15 is 0 Å². The lowest BCUT2D eigenvalue weighted by molar-refractivity contribution is 0.182. The van der Waals surface area contributed by atoms with Crippen LogP contribution in [0.3, 0.4) is 0 Å². The molecule has 3 nitrogen and oxygen atoms in total. The SMILES string of the molecule is C[C@H](N)c1cc(Br)ccc1OCCN1CCCCC1. The lowest BCUT2D eigenvalue weighted by atomic mass is 10.1. The van der Waals surface area contributed by atoms with Gasteiger partial charge in [0, 0.05) is 22.6 Å². The van der Waals surface area contributed by atoms with Crippen molar-refractivity contribution in [1.29, 1.82) is 0 Å². The van der Waals surface area contributed by atoms with Crippen molar-refractivity contribution in [3.63, 3.8) is 0 Å². The summed E-state index contributed by atoms with van der Waals surface area (Å²) in [7, 11) is 0. The Bertz CT molecular complexity index is 403. The summed E-state index contributed by atoms with van der Waals surface area (Å²) >= 11 is 3.48. The molecule has 1 aromatic carbocycles. The Morgan fingerprint density at radius 2 is 2.05 bits per heavy atom. The van der Waals surface area contributed by atoms with E-state index in [0.717, 1.165) is 28.9 Å². The molecular weight excluding hydrogens is 304 g/mol. The molecule has 0 spiro atoms. The number of hydrogen-bond acceptors (Lipinski definition) is 3. The molecular formula is C15H23BrN2O. The van der Waals surface area contributed by atoms with Crippen molar-refractivity contribution < 1.29 is 4.74 Å². The number of benzene rings is 1. The Labute approximate surface area is 124 Å². The quantitative estimate of drug-likeness (QED) is 0.901. The molecule has 0 aliphatic carbocycles. The minimum absolute atomic E-state index is 0.0116. The normalized spacial score (nSPS) is 18.3. The second-order valence-electron chi connectivity index (χ2n) is 5.22.